The number of rotatable bonds is 4. The number of phenolic OH excluding ortho intramolecular Hbond substituents is 1. The molecular formula is C18H11N3O5S. The molecule has 1 fully saturated rings. The molecule has 27 heavy (non-hydrogen) atoms. The van der Waals surface area contributed by atoms with Crippen molar-refractivity contribution in [1.29, 1.82) is 5.26 Å². The summed E-state index contributed by atoms with van der Waals surface area (Å²) in [6.45, 7) is -0.0628. The number of nitro benzene ring substituents is 1. The van der Waals surface area contributed by atoms with Gasteiger partial charge in [0.05, 0.1) is 28.0 Å². The molecule has 0 unspecified atom stereocenters. The Morgan fingerprint density at radius 2 is 1.96 bits per heavy atom. The van der Waals surface area contributed by atoms with E-state index in [1.807, 2.05) is 6.07 Å². The fourth-order valence-corrected chi connectivity index (χ4v) is 3.36. The molecule has 0 saturated carbocycles. The van der Waals surface area contributed by atoms with Crippen molar-refractivity contribution in [2.75, 3.05) is 0 Å². The van der Waals surface area contributed by atoms with Gasteiger partial charge in [0.2, 0.25) is 5.75 Å². The maximum absolute atomic E-state index is 12.6. The molecule has 0 aliphatic carbocycles. The molecule has 0 atom stereocenters. The maximum Gasteiger partial charge on any atom is 0.311 e. The first kappa shape index (κ1) is 18.2. The number of hydrogen-bond acceptors (Lipinski definition) is 7. The number of carbonyl (C=O) groups is 2. The lowest BCUT2D eigenvalue weighted by Gasteiger charge is -2.13. The largest absolute Gasteiger partial charge is 0.502 e. The van der Waals surface area contributed by atoms with Gasteiger partial charge in [-0.15, -0.1) is 0 Å². The molecule has 1 heterocycles. The van der Waals surface area contributed by atoms with Crippen molar-refractivity contribution < 1.29 is 19.6 Å². The van der Waals surface area contributed by atoms with E-state index in [2.05, 4.69) is 0 Å². The summed E-state index contributed by atoms with van der Waals surface area (Å²) in [6, 6.07) is 12.5. The number of hydrogen-bond donors (Lipinski definition) is 1. The van der Waals surface area contributed by atoms with Crippen molar-refractivity contribution in [3.8, 4) is 11.8 Å². The van der Waals surface area contributed by atoms with Gasteiger partial charge >= 0.3 is 5.69 Å². The summed E-state index contributed by atoms with van der Waals surface area (Å²) >= 11 is 0.667. The minimum Gasteiger partial charge on any atom is -0.502 e. The lowest BCUT2D eigenvalue weighted by atomic mass is 10.1. The maximum atomic E-state index is 12.6. The van der Waals surface area contributed by atoms with Crippen LogP contribution in [0.25, 0.3) is 6.08 Å². The molecule has 2 aromatic rings. The number of nitro groups is 1. The smallest absolute Gasteiger partial charge is 0.311 e. The summed E-state index contributed by atoms with van der Waals surface area (Å²) in [5, 5.41) is 29.5. The highest BCUT2D eigenvalue weighted by atomic mass is 32.2. The van der Waals surface area contributed by atoms with Crippen LogP contribution < -0.4 is 0 Å². The molecule has 134 valence electrons. The van der Waals surface area contributed by atoms with Crippen LogP contribution in [0.3, 0.4) is 0 Å². The predicted octanol–water partition coefficient (Wildman–Crippen LogP) is 3.41. The SMILES string of the molecule is N#Cc1ccccc1CN1C(=O)SC(=Cc2cccc([N+](=O)[O-])c2O)C1=O. The Kier molecular flexibility index (Phi) is 4.92. The zero-order chi connectivity index (χ0) is 19.6. The number of thioether (sulfide) groups is 1. The molecule has 0 aromatic heterocycles. The lowest BCUT2D eigenvalue weighted by Crippen LogP contribution is -2.27. The third kappa shape index (κ3) is 3.51. The second-order valence-electron chi connectivity index (χ2n) is 5.51. The summed E-state index contributed by atoms with van der Waals surface area (Å²) < 4.78 is 0. The molecular weight excluding hydrogens is 370 g/mol. The molecule has 1 N–H and O–H groups in total. The van der Waals surface area contributed by atoms with E-state index in [9.17, 15) is 24.8 Å². The standard InChI is InChI=1S/C18H11N3O5S/c19-9-12-4-1-2-5-13(12)10-20-17(23)15(27-18(20)24)8-11-6-3-7-14(16(11)22)21(25)26/h1-8,22H,10H2. The van der Waals surface area contributed by atoms with Crippen LogP contribution >= 0.6 is 11.8 Å². The van der Waals surface area contributed by atoms with Gasteiger partial charge in [-0.3, -0.25) is 24.6 Å². The van der Waals surface area contributed by atoms with Gasteiger partial charge in [0, 0.05) is 11.6 Å². The Morgan fingerprint density at radius 1 is 1.22 bits per heavy atom. The molecule has 3 rings (SSSR count). The van der Waals surface area contributed by atoms with Crippen molar-refractivity contribution in [1.82, 2.24) is 4.90 Å². The summed E-state index contributed by atoms with van der Waals surface area (Å²) in [7, 11) is 0. The van der Waals surface area contributed by atoms with Crippen LogP contribution in [0.5, 0.6) is 5.75 Å². The summed E-state index contributed by atoms with van der Waals surface area (Å²) in [5.74, 6) is -1.17. The van der Waals surface area contributed by atoms with Gasteiger partial charge in [-0.25, -0.2) is 0 Å². The summed E-state index contributed by atoms with van der Waals surface area (Å²) in [6.07, 6.45) is 1.24. The van der Waals surface area contributed by atoms with Crippen LogP contribution in [-0.2, 0) is 11.3 Å². The highest BCUT2D eigenvalue weighted by Gasteiger charge is 2.35. The van der Waals surface area contributed by atoms with E-state index in [1.54, 1.807) is 24.3 Å². The number of nitrogens with zero attached hydrogens (tertiary/aromatic N) is 3. The first-order valence-corrected chi connectivity index (χ1v) is 8.43. The third-order valence-corrected chi connectivity index (χ3v) is 4.78. The number of imide groups is 1. The molecule has 1 aliphatic rings. The quantitative estimate of drug-likeness (QED) is 0.489. The fraction of sp³-hybridized carbons (Fsp3) is 0.0556. The normalized spacial score (nSPS) is 15.2. The zero-order valence-corrected chi connectivity index (χ0v) is 14.5. The highest BCUT2D eigenvalue weighted by Crippen LogP contribution is 2.37. The highest BCUT2D eigenvalue weighted by molar-refractivity contribution is 8.18. The van der Waals surface area contributed by atoms with Crippen molar-refractivity contribution in [3.63, 3.8) is 0 Å². The van der Waals surface area contributed by atoms with Gasteiger partial charge in [0.15, 0.2) is 0 Å². The molecule has 9 heteroatoms. The van der Waals surface area contributed by atoms with E-state index in [-0.39, 0.29) is 17.0 Å². The number of benzene rings is 2. The Morgan fingerprint density at radius 3 is 2.67 bits per heavy atom. The molecule has 8 nitrogen and oxygen atoms in total. The van der Waals surface area contributed by atoms with Gasteiger partial charge in [-0.05, 0) is 29.5 Å². The van der Waals surface area contributed by atoms with Crippen LogP contribution in [0, 0.1) is 21.4 Å². The van der Waals surface area contributed by atoms with Crippen molar-refractivity contribution >= 4 is 34.7 Å². The topological polar surface area (TPSA) is 125 Å². The Bertz CT molecular complexity index is 1040. The van der Waals surface area contributed by atoms with Crippen LogP contribution in [0.15, 0.2) is 47.4 Å². The first-order chi connectivity index (χ1) is 12.9. The van der Waals surface area contributed by atoms with Crippen molar-refractivity contribution in [3.05, 3.63) is 74.2 Å². The van der Waals surface area contributed by atoms with Crippen LogP contribution in [0.1, 0.15) is 16.7 Å². The fourth-order valence-electron chi connectivity index (χ4n) is 2.53. The average molecular weight is 381 g/mol. The van der Waals surface area contributed by atoms with E-state index in [0.29, 0.717) is 22.9 Å². The zero-order valence-electron chi connectivity index (χ0n) is 13.7. The molecule has 2 amide bonds. The van der Waals surface area contributed by atoms with Crippen LogP contribution in [0.4, 0.5) is 10.5 Å². The van der Waals surface area contributed by atoms with E-state index in [1.165, 1.54) is 18.2 Å². The van der Waals surface area contributed by atoms with Gasteiger partial charge < -0.3 is 5.11 Å². The number of phenols is 1. The Hall–Kier alpha value is -3.64. The van der Waals surface area contributed by atoms with Crippen molar-refractivity contribution in [2.45, 2.75) is 6.54 Å². The van der Waals surface area contributed by atoms with E-state index in [4.69, 9.17) is 5.26 Å². The summed E-state index contributed by atoms with van der Waals surface area (Å²) in [4.78, 5) is 36.0. The Balaban J connectivity index is 1.91. The molecule has 1 aliphatic heterocycles. The van der Waals surface area contributed by atoms with E-state index in [0.717, 1.165) is 11.0 Å². The number of aromatic hydroxyl groups is 1. The Labute approximate surface area is 157 Å². The van der Waals surface area contributed by atoms with Gasteiger partial charge in [0.25, 0.3) is 11.1 Å². The average Bonchev–Trinajstić information content (AvgIpc) is 2.91. The monoisotopic (exact) mass is 381 g/mol. The van der Waals surface area contributed by atoms with E-state index < -0.39 is 27.5 Å². The molecule has 2 aromatic carbocycles. The van der Waals surface area contributed by atoms with Gasteiger partial charge in [0.1, 0.15) is 0 Å². The first-order valence-electron chi connectivity index (χ1n) is 7.62. The van der Waals surface area contributed by atoms with Crippen molar-refractivity contribution in [2.24, 2.45) is 0 Å². The lowest BCUT2D eigenvalue weighted by molar-refractivity contribution is -0.385. The minimum absolute atomic E-state index is 0.0326. The molecule has 0 radical (unpaired) electrons. The van der Waals surface area contributed by atoms with Crippen LogP contribution in [0.2, 0.25) is 0 Å². The van der Waals surface area contributed by atoms with Gasteiger partial charge in [-0.2, -0.15) is 5.26 Å². The predicted molar refractivity (Wildman–Crippen MR) is 97.4 cm³/mol. The van der Waals surface area contributed by atoms with Crippen LogP contribution in [-0.4, -0.2) is 26.1 Å². The number of nitriles is 1. The second kappa shape index (κ2) is 7.31. The number of amides is 2. The van der Waals surface area contributed by atoms with E-state index >= 15 is 0 Å². The number of para-hydroxylation sites is 1. The minimum atomic E-state index is -0.739. The second-order valence-corrected chi connectivity index (χ2v) is 6.50. The molecule has 1 saturated heterocycles. The molecule has 0 bridgehead atoms. The number of carbonyl (C=O) groups excluding carboxylic acids is 2. The van der Waals surface area contributed by atoms with Gasteiger partial charge in [-0.1, -0.05) is 30.3 Å². The molecule has 0 spiro atoms. The summed E-state index contributed by atoms with van der Waals surface area (Å²) in [5.41, 5.74) is 0.455. The third-order valence-electron chi connectivity index (χ3n) is 3.87.